The fraction of sp³-hybridized carbons (Fsp3) is 0.625. The number of benzene rings is 1. The van der Waals surface area contributed by atoms with Gasteiger partial charge in [0.05, 0.1) is 6.10 Å². The van der Waals surface area contributed by atoms with Gasteiger partial charge in [-0.15, -0.1) is 0 Å². The Morgan fingerprint density at radius 2 is 2.10 bits per heavy atom. The number of ether oxygens (including phenoxy) is 1. The maximum atomic E-state index is 10.1. The van der Waals surface area contributed by atoms with E-state index in [9.17, 15) is 5.11 Å². The van der Waals surface area contributed by atoms with Crippen LogP contribution < -0.4 is 10.5 Å². The van der Waals surface area contributed by atoms with Crippen LogP contribution >= 0.6 is 15.9 Å². The third kappa shape index (κ3) is 4.47. The summed E-state index contributed by atoms with van der Waals surface area (Å²) in [6, 6.07) is 5.76. The highest BCUT2D eigenvalue weighted by molar-refractivity contribution is 9.10. The zero-order chi connectivity index (χ0) is 14.5. The molecule has 3 nitrogen and oxygen atoms in total. The van der Waals surface area contributed by atoms with Gasteiger partial charge in [0.2, 0.25) is 0 Å². The predicted molar refractivity (Wildman–Crippen MR) is 84.8 cm³/mol. The Hall–Kier alpha value is -0.580. The first-order valence-corrected chi connectivity index (χ1v) is 8.21. The third-order valence-corrected chi connectivity index (χ3v) is 4.47. The molecule has 1 aliphatic rings. The van der Waals surface area contributed by atoms with Gasteiger partial charge in [-0.3, -0.25) is 0 Å². The van der Waals surface area contributed by atoms with E-state index in [-0.39, 0.29) is 6.04 Å². The van der Waals surface area contributed by atoms with Gasteiger partial charge in [0.1, 0.15) is 12.4 Å². The molecule has 4 heteroatoms. The summed E-state index contributed by atoms with van der Waals surface area (Å²) < 4.78 is 6.75. The van der Waals surface area contributed by atoms with Crippen molar-refractivity contribution >= 4 is 15.9 Å². The summed E-state index contributed by atoms with van der Waals surface area (Å²) in [5.74, 6) is 1.43. The maximum Gasteiger partial charge on any atom is 0.125 e. The van der Waals surface area contributed by atoms with Gasteiger partial charge in [-0.1, -0.05) is 47.7 Å². The molecule has 0 amide bonds. The van der Waals surface area contributed by atoms with E-state index < -0.39 is 6.10 Å². The lowest BCUT2D eigenvalue weighted by atomic mass is 10.0. The minimum atomic E-state index is -0.391. The average molecular weight is 342 g/mol. The van der Waals surface area contributed by atoms with Crippen molar-refractivity contribution in [3.05, 3.63) is 28.2 Å². The fourth-order valence-corrected chi connectivity index (χ4v) is 3.23. The molecule has 0 aliphatic heterocycles. The molecule has 20 heavy (non-hydrogen) atoms. The van der Waals surface area contributed by atoms with Gasteiger partial charge >= 0.3 is 0 Å². The van der Waals surface area contributed by atoms with Gasteiger partial charge in [-0.05, 0) is 31.4 Å². The lowest BCUT2D eigenvalue weighted by Crippen LogP contribution is -2.21. The van der Waals surface area contributed by atoms with Crippen LogP contribution in [0.3, 0.4) is 0 Å². The molecular weight excluding hydrogens is 318 g/mol. The molecule has 0 bridgehead atoms. The molecule has 1 aliphatic carbocycles. The Morgan fingerprint density at radius 3 is 2.75 bits per heavy atom. The van der Waals surface area contributed by atoms with E-state index in [1.165, 1.54) is 25.7 Å². The molecule has 0 heterocycles. The van der Waals surface area contributed by atoms with E-state index in [1.807, 2.05) is 25.1 Å². The van der Waals surface area contributed by atoms with E-state index >= 15 is 0 Å². The Balaban J connectivity index is 1.90. The number of aliphatic hydroxyl groups excluding tert-OH is 1. The van der Waals surface area contributed by atoms with E-state index in [1.54, 1.807) is 0 Å². The molecule has 0 saturated heterocycles. The molecule has 1 saturated carbocycles. The van der Waals surface area contributed by atoms with E-state index in [0.717, 1.165) is 22.2 Å². The molecule has 1 aromatic rings. The first kappa shape index (κ1) is 15.8. The molecule has 1 aromatic carbocycles. The molecule has 2 rings (SSSR count). The van der Waals surface area contributed by atoms with Gasteiger partial charge in [-0.2, -0.15) is 0 Å². The van der Waals surface area contributed by atoms with E-state index in [0.29, 0.717) is 12.5 Å². The lowest BCUT2D eigenvalue weighted by molar-refractivity contribution is 0.0849. The van der Waals surface area contributed by atoms with Gasteiger partial charge in [0, 0.05) is 16.1 Å². The zero-order valence-electron chi connectivity index (χ0n) is 12.0. The summed E-state index contributed by atoms with van der Waals surface area (Å²) in [5, 5.41) is 10.1. The van der Waals surface area contributed by atoms with Crippen LogP contribution in [0.2, 0.25) is 0 Å². The number of rotatable bonds is 6. The second-order valence-electron chi connectivity index (χ2n) is 5.82. The molecule has 1 fully saturated rings. The van der Waals surface area contributed by atoms with E-state index in [4.69, 9.17) is 10.5 Å². The fourth-order valence-electron chi connectivity index (χ4n) is 2.89. The smallest absolute Gasteiger partial charge is 0.125 e. The highest BCUT2D eigenvalue weighted by atomic mass is 79.9. The molecule has 3 N–H and O–H groups in total. The predicted octanol–water partition coefficient (Wildman–Crippen LogP) is 3.79. The first-order valence-electron chi connectivity index (χ1n) is 7.42. The monoisotopic (exact) mass is 341 g/mol. The summed E-state index contributed by atoms with van der Waals surface area (Å²) in [5.41, 5.74) is 6.92. The molecule has 0 radical (unpaired) electrons. The Bertz CT molecular complexity index is 430. The summed E-state index contributed by atoms with van der Waals surface area (Å²) >= 11 is 3.44. The molecule has 2 unspecified atom stereocenters. The van der Waals surface area contributed by atoms with Gasteiger partial charge < -0.3 is 15.6 Å². The topological polar surface area (TPSA) is 55.5 Å². The van der Waals surface area contributed by atoms with Gasteiger partial charge in [-0.25, -0.2) is 0 Å². The van der Waals surface area contributed by atoms with Crippen molar-refractivity contribution in [2.24, 2.45) is 11.7 Å². The number of hydrogen-bond donors (Lipinski definition) is 2. The summed E-state index contributed by atoms with van der Waals surface area (Å²) in [4.78, 5) is 0. The van der Waals surface area contributed by atoms with Gasteiger partial charge in [0.15, 0.2) is 0 Å². The number of halogens is 1. The van der Waals surface area contributed by atoms with Crippen LogP contribution in [0.4, 0.5) is 0 Å². The van der Waals surface area contributed by atoms with Crippen LogP contribution in [0.1, 0.15) is 50.6 Å². The van der Waals surface area contributed by atoms with Crippen molar-refractivity contribution in [1.82, 2.24) is 0 Å². The highest BCUT2D eigenvalue weighted by Gasteiger charge is 2.19. The second-order valence-corrected chi connectivity index (χ2v) is 6.74. The quantitative estimate of drug-likeness (QED) is 0.827. The molecule has 112 valence electrons. The van der Waals surface area contributed by atoms with Crippen LogP contribution in [0.25, 0.3) is 0 Å². The second kappa shape index (κ2) is 7.43. The minimum Gasteiger partial charge on any atom is -0.491 e. The Labute approximate surface area is 129 Å². The Kier molecular flexibility index (Phi) is 5.87. The minimum absolute atomic E-state index is 0.0786. The first-order chi connectivity index (χ1) is 9.56. The highest BCUT2D eigenvalue weighted by Crippen LogP contribution is 2.30. The SMILES string of the molecule is CC(N)c1ccc(Br)cc1OCC(O)CC1CCCC1. The third-order valence-electron chi connectivity index (χ3n) is 3.98. The normalized spacial score (nSPS) is 19.0. The van der Waals surface area contributed by atoms with Crippen LogP contribution in [0, 0.1) is 5.92 Å². The van der Waals surface area contributed by atoms with Crippen LogP contribution in [-0.2, 0) is 0 Å². The number of aliphatic hydroxyl groups is 1. The molecule has 0 aromatic heterocycles. The lowest BCUT2D eigenvalue weighted by Gasteiger charge is -2.19. The van der Waals surface area contributed by atoms with Crippen LogP contribution in [0.5, 0.6) is 5.75 Å². The zero-order valence-corrected chi connectivity index (χ0v) is 13.6. The van der Waals surface area contributed by atoms with Crippen molar-refractivity contribution in [3.8, 4) is 5.75 Å². The molecular formula is C16H24BrNO2. The van der Waals surface area contributed by atoms with Crippen LogP contribution in [0.15, 0.2) is 22.7 Å². The molecule has 2 atom stereocenters. The summed E-state index contributed by atoms with van der Waals surface area (Å²) in [6.07, 6.45) is 5.56. The van der Waals surface area contributed by atoms with Crippen molar-refractivity contribution in [2.45, 2.75) is 51.2 Å². The Morgan fingerprint density at radius 1 is 1.40 bits per heavy atom. The van der Waals surface area contributed by atoms with Crippen molar-refractivity contribution in [3.63, 3.8) is 0 Å². The van der Waals surface area contributed by atoms with Crippen LogP contribution in [-0.4, -0.2) is 17.8 Å². The summed E-state index contributed by atoms with van der Waals surface area (Å²) in [7, 11) is 0. The number of hydrogen-bond acceptors (Lipinski definition) is 3. The maximum absolute atomic E-state index is 10.1. The summed E-state index contributed by atoms with van der Waals surface area (Å²) in [6.45, 7) is 2.28. The van der Waals surface area contributed by atoms with Crippen molar-refractivity contribution in [1.29, 1.82) is 0 Å². The average Bonchev–Trinajstić information content (AvgIpc) is 2.89. The molecule has 0 spiro atoms. The van der Waals surface area contributed by atoms with Crippen molar-refractivity contribution in [2.75, 3.05) is 6.61 Å². The number of nitrogens with two attached hydrogens (primary N) is 1. The van der Waals surface area contributed by atoms with Gasteiger partial charge in [0.25, 0.3) is 0 Å². The van der Waals surface area contributed by atoms with Crippen molar-refractivity contribution < 1.29 is 9.84 Å². The standard InChI is InChI=1S/C16H24BrNO2/c1-11(18)15-7-6-13(17)9-16(15)20-10-14(19)8-12-4-2-3-5-12/h6-7,9,11-12,14,19H,2-5,8,10,18H2,1H3. The van der Waals surface area contributed by atoms with E-state index in [2.05, 4.69) is 15.9 Å². The largest absolute Gasteiger partial charge is 0.491 e.